The molecule has 0 spiro atoms. The fourth-order valence-electron chi connectivity index (χ4n) is 1.13. The zero-order valence-corrected chi connectivity index (χ0v) is 11.9. The van der Waals surface area contributed by atoms with Crippen molar-refractivity contribution in [2.75, 3.05) is 5.32 Å². The van der Waals surface area contributed by atoms with E-state index in [9.17, 15) is 0 Å². The topological polar surface area (TPSA) is 37.8 Å². The normalized spacial score (nSPS) is 10.5. The first-order chi connectivity index (χ1) is 7.56. The Labute approximate surface area is 111 Å². The molecule has 2 rings (SSSR count). The fourth-order valence-corrected chi connectivity index (χ4v) is 2.69. The molecule has 0 aliphatic carbocycles. The standard InChI is InChI=1S/C10H9BrClN3S/c1-5-6(2)16-10(14-5)15-9-8(11)3-7(12)4-13-9/h3-4H,1-2H3,(H,13,14,15). The number of halogens is 2. The molecule has 0 atom stereocenters. The van der Waals surface area contributed by atoms with E-state index in [1.165, 1.54) is 4.88 Å². The maximum absolute atomic E-state index is 5.82. The van der Waals surface area contributed by atoms with Crippen LogP contribution in [0.5, 0.6) is 0 Å². The van der Waals surface area contributed by atoms with Crippen LogP contribution in [0.4, 0.5) is 10.9 Å². The van der Waals surface area contributed by atoms with E-state index in [-0.39, 0.29) is 0 Å². The highest BCUT2D eigenvalue weighted by molar-refractivity contribution is 9.10. The van der Waals surface area contributed by atoms with Crippen molar-refractivity contribution < 1.29 is 0 Å². The Hall–Kier alpha value is -0.650. The van der Waals surface area contributed by atoms with Gasteiger partial charge >= 0.3 is 0 Å². The van der Waals surface area contributed by atoms with E-state index in [1.807, 2.05) is 13.8 Å². The lowest BCUT2D eigenvalue weighted by atomic mass is 10.4. The van der Waals surface area contributed by atoms with Gasteiger partial charge in [-0.1, -0.05) is 11.6 Å². The predicted molar refractivity (Wildman–Crippen MR) is 71.8 cm³/mol. The molecule has 0 bridgehead atoms. The lowest BCUT2D eigenvalue weighted by Gasteiger charge is -2.03. The molecule has 0 aliphatic heterocycles. The summed E-state index contributed by atoms with van der Waals surface area (Å²) in [5.41, 5.74) is 1.04. The zero-order valence-electron chi connectivity index (χ0n) is 8.71. The predicted octanol–water partition coefficient (Wildman–Crippen LogP) is 4.31. The van der Waals surface area contributed by atoms with Gasteiger partial charge in [-0.25, -0.2) is 9.97 Å². The molecule has 0 aromatic carbocycles. The monoisotopic (exact) mass is 317 g/mol. The van der Waals surface area contributed by atoms with Crippen LogP contribution in [0.15, 0.2) is 16.7 Å². The summed E-state index contributed by atoms with van der Waals surface area (Å²) < 4.78 is 0.825. The molecule has 0 aliphatic rings. The maximum atomic E-state index is 5.82. The second kappa shape index (κ2) is 4.69. The molecule has 0 saturated carbocycles. The van der Waals surface area contributed by atoms with Gasteiger partial charge in [0.2, 0.25) is 0 Å². The third-order valence-corrected chi connectivity index (χ3v) is 3.86. The number of anilines is 2. The van der Waals surface area contributed by atoms with Crippen LogP contribution in [-0.2, 0) is 0 Å². The number of thiazole rings is 1. The lowest BCUT2D eigenvalue weighted by molar-refractivity contribution is 1.21. The number of nitrogens with zero attached hydrogens (tertiary/aromatic N) is 2. The van der Waals surface area contributed by atoms with Crippen molar-refractivity contribution in [3.8, 4) is 0 Å². The van der Waals surface area contributed by atoms with E-state index in [0.717, 1.165) is 21.1 Å². The second-order valence-corrected chi connectivity index (χ2v) is 5.76. The Morgan fingerprint density at radius 2 is 2.19 bits per heavy atom. The van der Waals surface area contributed by atoms with Crippen molar-refractivity contribution in [2.45, 2.75) is 13.8 Å². The molecule has 0 saturated heterocycles. The summed E-state index contributed by atoms with van der Waals surface area (Å²) in [4.78, 5) is 9.77. The molecule has 0 fully saturated rings. The third kappa shape index (κ3) is 2.53. The third-order valence-electron chi connectivity index (χ3n) is 2.06. The molecule has 84 valence electrons. The highest BCUT2D eigenvalue weighted by Crippen LogP contribution is 2.29. The molecule has 0 unspecified atom stereocenters. The van der Waals surface area contributed by atoms with Crippen molar-refractivity contribution in [3.05, 3.63) is 32.3 Å². The van der Waals surface area contributed by atoms with Gasteiger partial charge in [-0.3, -0.25) is 0 Å². The molecule has 0 radical (unpaired) electrons. The minimum Gasteiger partial charge on any atom is -0.315 e. The average molecular weight is 319 g/mol. The van der Waals surface area contributed by atoms with E-state index in [4.69, 9.17) is 11.6 Å². The van der Waals surface area contributed by atoms with Crippen LogP contribution in [0.3, 0.4) is 0 Å². The van der Waals surface area contributed by atoms with E-state index < -0.39 is 0 Å². The summed E-state index contributed by atoms with van der Waals surface area (Å²) in [5, 5.41) is 4.59. The summed E-state index contributed by atoms with van der Waals surface area (Å²) in [6.45, 7) is 4.03. The van der Waals surface area contributed by atoms with Crippen molar-refractivity contribution in [2.24, 2.45) is 0 Å². The van der Waals surface area contributed by atoms with Crippen molar-refractivity contribution in [1.82, 2.24) is 9.97 Å². The Balaban J connectivity index is 2.27. The van der Waals surface area contributed by atoms with E-state index in [1.54, 1.807) is 23.6 Å². The minimum atomic E-state index is 0.601. The van der Waals surface area contributed by atoms with Crippen LogP contribution < -0.4 is 5.32 Å². The first kappa shape index (κ1) is 11.8. The van der Waals surface area contributed by atoms with Crippen LogP contribution in [0, 0.1) is 13.8 Å². The number of rotatable bonds is 2. The van der Waals surface area contributed by atoms with Crippen molar-refractivity contribution in [1.29, 1.82) is 0 Å². The first-order valence-electron chi connectivity index (χ1n) is 4.58. The molecule has 2 aromatic heterocycles. The SMILES string of the molecule is Cc1nc(Nc2ncc(Cl)cc2Br)sc1C. The largest absolute Gasteiger partial charge is 0.315 e. The summed E-state index contributed by atoms with van der Waals surface area (Å²) >= 11 is 10.8. The first-order valence-corrected chi connectivity index (χ1v) is 6.57. The Morgan fingerprint density at radius 3 is 2.75 bits per heavy atom. The summed E-state index contributed by atoms with van der Waals surface area (Å²) in [6.07, 6.45) is 1.60. The molecule has 16 heavy (non-hydrogen) atoms. The van der Waals surface area contributed by atoms with E-state index in [0.29, 0.717) is 5.02 Å². The van der Waals surface area contributed by atoms with Crippen molar-refractivity contribution >= 4 is 49.8 Å². The highest BCUT2D eigenvalue weighted by atomic mass is 79.9. The molecule has 1 N–H and O–H groups in total. The van der Waals surface area contributed by atoms with Gasteiger partial charge in [-0.2, -0.15) is 0 Å². The van der Waals surface area contributed by atoms with Crippen LogP contribution in [0.1, 0.15) is 10.6 Å². The van der Waals surface area contributed by atoms with Gasteiger partial charge in [-0.15, -0.1) is 11.3 Å². The van der Waals surface area contributed by atoms with Gasteiger partial charge < -0.3 is 5.32 Å². The molecule has 0 amide bonds. The molecule has 2 aromatic rings. The van der Waals surface area contributed by atoms with Crippen LogP contribution in [0.25, 0.3) is 0 Å². The number of pyridine rings is 1. The minimum absolute atomic E-state index is 0.601. The quantitative estimate of drug-likeness (QED) is 0.896. The van der Waals surface area contributed by atoms with E-state index >= 15 is 0 Å². The summed E-state index contributed by atoms with van der Waals surface area (Å²) in [5.74, 6) is 0.721. The number of aryl methyl sites for hydroxylation is 2. The Bertz CT molecular complexity index is 507. The van der Waals surface area contributed by atoms with Gasteiger partial charge in [0.15, 0.2) is 5.13 Å². The highest BCUT2D eigenvalue weighted by Gasteiger charge is 2.07. The number of nitrogens with one attached hydrogen (secondary N) is 1. The fraction of sp³-hybridized carbons (Fsp3) is 0.200. The lowest BCUT2D eigenvalue weighted by Crippen LogP contribution is -1.93. The molecular weight excluding hydrogens is 310 g/mol. The summed E-state index contributed by atoms with van der Waals surface area (Å²) in [6, 6.07) is 1.80. The Kier molecular flexibility index (Phi) is 3.47. The zero-order chi connectivity index (χ0) is 11.7. The van der Waals surface area contributed by atoms with Gasteiger partial charge in [-0.05, 0) is 35.8 Å². The van der Waals surface area contributed by atoms with Gasteiger partial charge in [0.25, 0.3) is 0 Å². The van der Waals surface area contributed by atoms with Crippen LogP contribution in [0.2, 0.25) is 5.02 Å². The smallest absolute Gasteiger partial charge is 0.188 e. The van der Waals surface area contributed by atoms with E-state index in [2.05, 4.69) is 31.2 Å². The number of aromatic nitrogens is 2. The maximum Gasteiger partial charge on any atom is 0.188 e. The Morgan fingerprint density at radius 1 is 1.44 bits per heavy atom. The van der Waals surface area contributed by atoms with Crippen LogP contribution in [-0.4, -0.2) is 9.97 Å². The molecule has 6 heteroatoms. The molecular formula is C10H9BrClN3S. The second-order valence-electron chi connectivity index (χ2n) is 3.27. The molecule has 3 nitrogen and oxygen atoms in total. The average Bonchev–Trinajstić information content (AvgIpc) is 2.51. The molecule has 2 heterocycles. The van der Waals surface area contributed by atoms with Gasteiger partial charge in [0, 0.05) is 11.1 Å². The van der Waals surface area contributed by atoms with Crippen LogP contribution >= 0.6 is 38.9 Å². The van der Waals surface area contributed by atoms with Gasteiger partial charge in [0.05, 0.1) is 15.2 Å². The number of hydrogen-bond acceptors (Lipinski definition) is 4. The summed E-state index contributed by atoms with van der Waals surface area (Å²) in [7, 11) is 0. The van der Waals surface area contributed by atoms with Gasteiger partial charge in [0.1, 0.15) is 5.82 Å². The van der Waals surface area contributed by atoms with Crippen molar-refractivity contribution in [3.63, 3.8) is 0 Å². The number of hydrogen-bond donors (Lipinski definition) is 1.